The molecular formula is C20H27N5O3S. The Morgan fingerprint density at radius 3 is 2.76 bits per heavy atom. The van der Waals surface area contributed by atoms with Crippen molar-refractivity contribution < 1.29 is 14.3 Å². The van der Waals surface area contributed by atoms with Crippen LogP contribution >= 0.6 is 11.8 Å². The summed E-state index contributed by atoms with van der Waals surface area (Å²) in [5, 5.41) is 8.44. The average Bonchev–Trinajstić information content (AvgIpc) is 3.07. The highest BCUT2D eigenvalue weighted by atomic mass is 32.2. The smallest absolute Gasteiger partial charge is 0.248 e. The van der Waals surface area contributed by atoms with E-state index in [0.717, 1.165) is 17.7 Å². The van der Waals surface area contributed by atoms with Crippen LogP contribution in [-0.2, 0) is 4.79 Å². The molecule has 3 rings (SSSR count). The van der Waals surface area contributed by atoms with Crippen LogP contribution in [0.4, 0.5) is 5.95 Å². The number of hydrogen-bond acceptors (Lipinski definition) is 7. The van der Waals surface area contributed by atoms with Crippen LogP contribution in [0.3, 0.4) is 0 Å². The molecule has 1 unspecified atom stereocenters. The number of carbonyl (C=O) groups is 1. The summed E-state index contributed by atoms with van der Waals surface area (Å²) in [6, 6.07) is 5.09. The molecule has 29 heavy (non-hydrogen) atoms. The van der Waals surface area contributed by atoms with Gasteiger partial charge in [-0.05, 0) is 44.9 Å². The van der Waals surface area contributed by atoms with E-state index in [1.165, 1.54) is 0 Å². The molecule has 0 bridgehead atoms. The minimum atomic E-state index is -0.509. The molecule has 1 aromatic carbocycles. The lowest BCUT2D eigenvalue weighted by Gasteiger charge is -2.28. The van der Waals surface area contributed by atoms with Gasteiger partial charge in [-0.2, -0.15) is 4.98 Å². The van der Waals surface area contributed by atoms with Gasteiger partial charge in [-0.1, -0.05) is 24.8 Å². The lowest BCUT2D eigenvalue weighted by Crippen LogP contribution is -2.31. The van der Waals surface area contributed by atoms with E-state index in [2.05, 4.69) is 22.3 Å². The number of fused-ring (bicyclic) bond motifs is 1. The third-order valence-corrected chi connectivity index (χ3v) is 5.44. The fraction of sp³-hybridized carbons (Fsp3) is 0.450. The summed E-state index contributed by atoms with van der Waals surface area (Å²) in [5.74, 6) is 2.21. The zero-order valence-corrected chi connectivity index (χ0v) is 18.2. The van der Waals surface area contributed by atoms with E-state index in [-0.39, 0.29) is 6.10 Å². The van der Waals surface area contributed by atoms with Crippen LogP contribution in [0.25, 0.3) is 0 Å². The molecule has 1 atom stereocenters. The Kier molecular flexibility index (Phi) is 6.36. The van der Waals surface area contributed by atoms with Crippen LogP contribution in [0, 0.1) is 0 Å². The number of nitrogens with zero attached hydrogens (tertiary/aromatic N) is 3. The topological polar surface area (TPSA) is 104 Å². The molecular weight excluding hydrogens is 390 g/mol. The highest BCUT2D eigenvalue weighted by Gasteiger charge is 2.33. The highest BCUT2D eigenvalue weighted by Crippen LogP contribution is 2.39. The Balaban J connectivity index is 2.10. The van der Waals surface area contributed by atoms with Crippen molar-refractivity contribution in [1.29, 1.82) is 0 Å². The number of benzene rings is 1. The summed E-state index contributed by atoms with van der Waals surface area (Å²) in [7, 11) is 1.59. The van der Waals surface area contributed by atoms with E-state index >= 15 is 0 Å². The zero-order valence-electron chi connectivity index (χ0n) is 17.4. The monoisotopic (exact) mass is 417 g/mol. The fourth-order valence-electron chi connectivity index (χ4n) is 3.22. The molecule has 1 aliphatic rings. The minimum absolute atomic E-state index is 0.0111. The third kappa shape index (κ3) is 4.34. The number of thioether (sulfide) groups is 1. The molecule has 3 N–H and O–H groups in total. The van der Waals surface area contributed by atoms with Gasteiger partial charge in [0, 0.05) is 11.4 Å². The molecule has 1 aliphatic heterocycles. The number of nitrogens with one attached hydrogen (secondary N) is 1. The maximum Gasteiger partial charge on any atom is 0.248 e. The van der Waals surface area contributed by atoms with Crippen LogP contribution in [0.5, 0.6) is 11.5 Å². The van der Waals surface area contributed by atoms with Crippen LogP contribution in [-0.4, -0.2) is 39.6 Å². The largest absolute Gasteiger partial charge is 0.493 e. The number of hydrogen-bond donors (Lipinski definition) is 2. The molecule has 0 saturated heterocycles. The summed E-state index contributed by atoms with van der Waals surface area (Å²) < 4.78 is 13.0. The Morgan fingerprint density at radius 2 is 2.14 bits per heavy atom. The van der Waals surface area contributed by atoms with Gasteiger partial charge in [-0.15, -0.1) is 5.10 Å². The number of carbonyl (C=O) groups excluding carboxylic acids is 1. The second kappa shape index (κ2) is 8.77. The van der Waals surface area contributed by atoms with Crippen molar-refractivity contribution in [1.82, 2.24) is 14.8 Å². The lowest BCUT2D eigenvalue weighted by atomic mass is 9.95. The van der Waals surface area contributed by atoms with Crippen molar-refractivity contribution in [2.24, 2.45) is 5.73 Å². The van der Waals surface area contributed by atoms with E-state index in [0.29, 0.717) is 33.9 Å². The first-order valence-corrected chi connectivity index (χ1v) is 10.6. The molecule has 8 nitrogen and oxygen atoms in total. The van der Waals surface area contributed by atoms with Gasteiger partial charge >= 0.3 is 0 Å². The van der Waals surface area contributed by atoms with Crippen LogP contribution < -0.4 is 20.5 Å². The van der Waals surface area contributed by atoms with Crippen molar-refractivity contribution in [3.05, 3.63) is 35.0 Å². The molecule has 0 radical (unpaired) electrons. The maximum atomic E-state index is 12.3. The number of rotatable bonds is 8. The van der Waals surface area contributed by atoms with Crippen molar-refractivity contribution in [2.75, 3.05) is 18.2 Å². The van der Waals surface area contributed by atoms with Crippen molar-refractivity contribution >= 4 is 23.6 Å². The fourth-order valence-corrected chi connectivity index (χ4v) is 3.90. The highest BCUT2D eigenvalue weighted by molar-refractivity contribution is 7.99. The Bertz CT molecular complexity index is 938. The molecule has 0 fully saturated rings. The van der Waals surface area contributed by atoms with E-state index in [1.54, 1.807) is 23.6 Å². The van der Waals surface area contributed by atoms with E-state index in [4.69, 9.17) is 15.2 Å². The van der Waals surface area contributed by atoms with E-state index < -0.39 is 11.9 Å². The van der Waals surface area contributed by atoms with Crippen LogP contribution in [0.1, 0.15) is 45.7 Å². The second-order valence-corrected chi connectivity index (χ2v) is 8.08. The molecule has 0 spiro atoms. The first-order valence-electron chi connectivity index (χ1n) is 9.57. The molecule has 0 aliphatic carbocycles. The third-order valence-electron chi connectivity index (χ3n) is 4.40. The summed E-state index contributed by atoms with van der Waals surface area (Å²) in [5.41, 5.74) is 7.65. The molecule has 156 valence electrons. The van der Waals surface area contributed by atoms with Gasteiger partial charge in [0.15, 0.2) is 11.5 Å². The maximum absolute atomic E-state index is 12.3. The van der Waals surface area contributed by atoms with E-state index in [1.807, 2.05) is 39.0 Å². The van der Waals surface area contributed by atoms with Crippen molar-refractivity contribution in [3.8, 4) is 11.5 Å². The minimum Gasteiger partial charge on any atom is -0.493 e. The molecule has 2 aromatic rings. The number of nitrogens with two attached hydrogens (primary N) is 1. The summed E-state index contributed by atoms with van der Waals surface area (Å²) in [6.45, 7) is 7.83. The molecule has 9 heteroatoms. The number of allylic oxidation sites excluding steroid dienone is 1. The van der Waals surface area contributed by atoms with Gasteiger partial charge in [-0.3, -0.25) is 4.79 Å². The standard InChI is InChI=1S/C20H27N5O3S/c1-6-9-29-20-23-19-22-12(4)16(18(21)26)17(25(19)24-20)13-7-8-14(28-11(2)3)15(10-13)27-5/h7-8,10-11,17H,6,9H2,1-5H3,(H2,21,26)(H,22,23,24). The van der Waals surface area contributed by atoms with Crippen LogP contribution in [0.15, 0.2) is 34.6 Å². The Hall–Kier alpha value is -2.68. The van der Waals surface area contributed by atoms with Crippen LogP contribution in [0.2, 0.25) is 0 Å². The molecule has 0 saturated carbocycles. The van der Waals surface area contributed by atoms with Crippen molar-refractivity contribution in [2.45, 2.75) is 51.4 Å². The zero-order chi connectivity index (χ0) is 21.1. The molecule has 2 heterocycles. The van der Waals surface area contributed by atoms with Crippen molar-refractivity contribution in [3.63, 3.8) is 0 Å². The number of primary amides is 1. The summed E-state index contributed by atoms with van der Waals surface area (Å²) >= 11 is 1.58. The van der Waals surface area contributed by atoms with Gasteiger partial charge < -0.3 is 20.5 Å². The number of anilines is 1. The van der Waals surface area contributed by atoms with Gasteiger partial charge in [0.2, 0.25) is 17.0 Å². The SMILES string of the molecule is CCCSc1nc2n(n1)C(c1ccc(OC(C)C)c(OC)c1)C(C(N)=O)=C(C)N2. The predicted octanol–water partition coefficient (Wildman–Crippen LogP) is 3.35. The van der Waals surface area contributed by atoms with Gasteiger partial charge in [0.25, 0.3) is 0 Å². The van der Waals surface area contributed by atoms with Gasteiger partial charge in [-0.25, -0.2) is 4.68 Å². The van der Waals surface area contributed by atoms with E-state index in [9.17, 15) is 4.79 Å². The molecule has 1 aromatic heterocycles. The van der Waals surface area contributed by atoms with Gasteiger partial charge in [0.05, 0.1) is 18.8 Å². The number of methoxy groups -OCH3 is 1. The number of ether oxygens (including phenoxy) is 2. The lowest BCUT2D eigenvalue weighted by molar-refractivity contribution is -0.115. The Morgan fingerprint density at radius 1 is 1.38 bits per heavy atom. The normalized spacial score (nSPS) is 15.9. The second-order valence-electron chi connectivity index (χ2n) is 7.02. The van der Waals surface area contributed by atoms with Gasteiger partial charge in [0.1, 0.15) is 6.04 Å². The number of amides is 1. The summed E-state index contributed by atoms with van der Waals surface area (Å²) in [6.07, 6.45) is 1.03. The Labute approximate surface area is 174 Å². The first-order chi connectivity index (χ1) is 13.8. The quantitative estimate of drug-likeness (QED) is 0.635. The predicted molar refractivity (Wildman–Crippen MR) is 113 cm³/mol. The molecule has 1 amide bonds. The summed E-state index contributed by atoms with van der Waals surface area (Å²) in [4.78, 5) is 16.9. The first kappa shape index (κ1) is 21.0. The number of aromatic nitrogens is 3. The average molecular weight is 418 g/mol.